The number of carboxylic acid groups (broad SMARTS) is 2. The molecule has 11 heteroatoms. The highest BCUT2D eigenvalue weighted by Crippen LogP contribution is 1.97. The van der Waals surface area contributed by atoms with E-state index in [1.807, 2.05) is 0 Å². The highest BCUT2D eigenvalue weighted by atomic mass is 16.4. The van der Waals surface area contributed by atoms with Crippen molar-refractivity contribution < 1.29 is 24.9 Å². The Kier molecular flexibility index (Phi) is 5.18. The number of imidazole rings is 1. The number of hydrogen-bond donors (Lipinski definition) is 4. The van der Waals surface area contributed by atoms with Crippen molar-refractivity contribution in [1.29, 1.82) is 0 Å². The molecule has 1 atom stereocenters. The van der Waals surface area contributed by atoms with E-state index in [0.29, 0.717) is 11.2 Å². The van der Waals surface area contributed by atoms with Crippen LogP contribution in [-0.4, -0.2) is 52.5 Å². The third kappa shape index (κ3) is 3.58. The van der Waals surface area contributed by atoms with Crippen molar-refractivity contribution in [2.24, 2.45) is 14.1 Å². The molecule has 0 radical (unpaired) electrons. The van der Waals surface area contributed by atoms with E-state index >= 15 is 0 Å². The molecule has 0 amide bonds. The predicted octanol–water partition coefficient (Wildman–Crippen LogP) is -2.13. The Bertz CT molecular complexity index is 816. The van der Waals surface area contributed by atoms with E-state index in [-0.39, 0.29) is 11.2 Å². The fourth-order valence-electron chi connectivity index (χ4n) is 1.52. The molecule has 2 heterocycles. The molecule has 0 aliphatic carbocycles. The van der Waals surface area contributed by atoms with E-state index < -0.39 is 24.5 Å². The number of carboxylic acids is 2. The maximum absolute atomic E-state index is 11.4. The molecule has 1 unspecified atom stereocenters. The van der Waals surface area contributed by atoms with Crippen LogP contribution in [0.2, 0.25) is 0 Å². The van der Waals surface area contributed by atoms with Crippen LogP contribution in [0.1, 0.15) is 6.42 Å². The molecular formula is C11H14N4O7. The molecule has 2 aromatic heterocycles. The van der Waals surface area contributed by atoms with Gasteiger partial charge in [-0.15, -0.1) is 0 Å². The minimum absolute atomic E-state index is 0.351. The SMILES string of the molecule is Cn1c(=O)c2[nH]cnc2n(C)c1=O.O=C(O)CC(O)C(=O)O. The Labute approximate surface area is 122 Å². The maximum Gasteiger partial charge on any atom is 0.333 e. The van der Waals surface area contributed by atoms with Gasteiger partial charge in [0.15, 0.2) is 11.8 Å². The van der Waals surface area contributed by atoms with Crippen LogP contribution >= 0.6 is 0 Å². The summed E-state index contributed by atoms with van der Waals surface area (Å²) >= 11 is 0. The number of carbonyl (C=O) groups is 2. The molecule has 11 nitrogen and oxygen atoms in total. The standard InChI is InChI=1S/C7H8N4O2.C4H6O5/c1-10-5-4(8-3-9-5)6(12)11(2)7(10)13;5-2(4(8)9)1-3(6)7/h3H,1-2H3,(H,8,9);2,5H,1H2,(H,6,7)(H,8,9). The summed E-state index contributed by atoms with van der Waals surface area (Å²) in [4.78, 5) is 48.8. The van der Waals surface area contributed by atoms with Crippen LogP contribution in [0.25, 0.3) is 11.2 Å². The lowest BCUT2D eigenvalue weighted by atomic mass is 10.3. The summed E-state index contributed by atoms with van der Waals surface area (Å²) in [6, 6.07) is 0. The topological polar surface area (TPSA) is 168 Å². The third-order valence-electron chi connectivity index (χ3n) is 2.68. The van der Waals surface area contributed by atoms with Gasteiger partial charge in [0.05, 0.1) is 12.7 Å². The Morgan fingerprint density at radius 1 is 1.27 bits per heavy atom. The molecule has 4 N–H and O–H groups in total. The molecule has 2 aromatic rings. The minimum atomic E-state index is -1.79. The number of hydrogen-bond acceptors (Lipinski definition) is 6. The number of nitrogens with one attached hydrogen (secondary N) is 1. The van der Waals surface area contributed by atoms with Crippen LogP contribution in [0.5, 0.6) is 0 Å². The minimum Gasteiger partial charge on any atom is -0.481 e. The molecule has 0 saturated heterocycles. The van der Waals surface area contributed by atoms with Gasteiger partial charge < -0.3 is 20.3 Å². The molecule has 22 heavy (non-hydrogen) atoms. The monoisotopic (exact) mass is 314 g/mol. The Balaban J connectivity index is 0.000000239. The Hall–Kier alpha value is -2.95. The molecule has 0 aliphatic rings. The smallest absolute Gasteiger partial charge is 0.333 e. The van der Waals surface area contributed by atoms with Crippen LogP contribution in [-0.2, 0) is 23.7 Å². The van der Waals surface area contributed by atoms with Crippen molar-refractivity contribution in [3.05, 3.63) is 27.2 Å². The van der Waals surface area contributed by atoms with Crippen molar-refractivity contribution in [1.82, 2.24) is 19.1 Å². The van der Waals surface area contributed by atoms with Crippen molar-refractivity contribution in [2.75, 3.05) is 0 Å². The first-order valence-electron chi connectivity index (χ1n) is 5.88. The summed E-state index contributed by atoms with van der Waals surface area (Å²) in [6.07, 6.45) is -1.15. The average Bonchev–Trinajstić information content (AvgIpc) is 2.92. The van der Waals surface area contributed by atoms with Crippen LogP contribution in [0.4, 0.5) is 0 Å². The van der Waals surface area contributed by atoms with Crippen molar-refractivity contribution in [3.8, 4) is 0 Å². The van der Waals surface area contributed by atoms with E-state index in [4.69, 9.17) is 15.3 Å². The molecule has 0 saturated carbocycles. The lowest BCUT2D eigenvalue weighted by Gasteiger charge is -2.00. The highest BCUT2D eigenvalue weighted by Gasteiger charge is 2.16. The molecule has 0 bridgehead atoms. The summed E-state index contributed by atoms with van der Waals surface area (Å²) in [6.45, 7) is 0. The van der Waals surface area contributed by atoms with Gasteiger partial charge in [-0.3, -0.25) is 18.7 Å². The van der Waals surface area contributed by atoms with Crippen LogP contribution < -0.4 is 11.2 Å². The van der Waals surface area contributed by atoms with Crippen LogP contribution in [0, 0.1) is 0 Å². The van der Waals surface area contributed by atoms with Gasteiger partial charge in [-0.25, -0.2) is 14.6 Å². The van der Waals surface area contributed by atoms with Gasteiger partial charge in [-0.05, 0) is 0 Å². The second-order valence-electron chi connectivity index (χ2n) is 4.26. The van der Waals surface area contributed by atoms with E-state index in [2.05, 4.69) is 9.97 Å². The second-order valence-corrected chi connectivity index (χ2v) is 4.26. The maximum atomic E-state index is 11.4. The van der Waals surface area contributed by atoms with E-state index in [1.165, 1.54) is 17.9 Å². The van der Waals surface area contributed by atoms with Crippen LogP contribution in [0.3, 0.4) is 0 Å². The van der Waals surface area contributed by atoms with Crippen molar-refractivity contribution in [2.45, 2.75) is 12.5 Å². The fraction of sp³-hybridized carbons (Fsp3) is 0.364. The zero-order chi connectivity index (χ0) is 17.0. The summed E-state index contributed by atoms with van der Waals surface area (Å²) < 4.78 is 2.37. The third-order valence-corrected chi connectivity index (χ3v) is 2.68. The normalized spacial score (nSPS) is 11.6. The molecule has 2 rings (SSSR count). The first-order chi connectivity index (χ1) is 10.2. The van der Waals surface area contributed by atoms with Crippen LogP contribution in [0.15, 0.2) is 15.9 Å². The summed E-state index contributed by atoms with van der Waals surface area (Å²) in [5.41, 5.74) is 0.0119. The number of aliphatic hydroxyl groups excluding tert-OH is 1. The number of nitrogens with zero attached hydrogens (tertiary/aromatic N) is 3. The average molecular weight is 314 g/mol. The van der Waals surface area contributed by atoms with Gasteiger partial charge in [0, 0.05) is 14.1 Å². The molecule has 0 spiro atoms. The number of aromatic amines is 1. The lowest BCUT2D eigenvalue weighted by Crippen LogP contribution is -2.36. The fourth-order valence-corrected chi connectivity index (χ4v) is 1.52. The molecule has 0 aromatic carbocycles. The van der Waals surface area contributed by atoms with E-state index in [0.717, 1.165) is 4.57 Å². The van der Waals surface area contributed by atoms with E-state index in [9.17, 15) is 19.2 Å². The molecule has 0 aliphatic heterocycles. The molecule has 120 valence electrons. The summed E-state index contributed by atoms with van der Waals surface area (Å²) in [7, 11) is 3.01. The Morgan fingerprint density at radius 2 is 1.86 bits per heavy atom. The number of rotatable bonds is 3. The number of fused-ring (bicyclic) bond motifs is 1. The number of aromatic nitrogens is 4. The first-order valence-corrected chi connectivity index (χ1v) is 5.88. The summed E-state index contributed by atoms with van der Waals surface area (Å²) in [5.74, 6) is -2.85. The molecular weight excluding hydrogens is 300 g/mol. The Morgan fingerprint density at radius 3 is 2.32 bits per heavy atom. The second kappa shape index (κ2) is 6.67. The quantitative estimate of drug-likeness (QED) is 0.498. The van der Waals surface area contributed by atoms with Gasteiger partial charge in [0.1, 0.15) is 5.52 Å². The van der Waals surface area contributed by atoms with Gasteiger partial charge in [-0.1, -0.05) is 0 Å². The lowest BCUT2D eigenvalue weighted by molar-refractivity contribution is -0.152. The first kappa shape index (κ1) is 17.1. The van der Waals surface area contributed by atoms with Crippen molar-refractivity contribution in [3.63, 3.8) is 0 Å². The largest absolute Gasteiger partial charge is 0.481 e. The van der Waals surface area contributed by atoms with E-state index in [1.54, 1.807) is 7.05 Å². The van der Waals surface area contributed by atoms with Gasteiger partial charge in [-0.2, -0.15) is 0 Å². The van der Waals surface area contributed by atoms with Gasteiger partial charge in [0.2, 0.25) is 0 Å². The van der Waals surface area contributed by atoms with Crippen molar-refractivity contribution >= 4 is 23.1 Å². The zero-order valence-electron chi connectivity index (χ0n) is 11.7. The number of aryl methyl sites for hydroxylation is 1. The summed E-state index contributed by atoms with van der Waals surface area (Å²) in [5, 5.41) is 24.1. The highest BCUT2D eigenvalue weighted by molar-refractivity contribution is 5.79. The van der Waals surface area contributed by atoms with Gasteiger partial charge in [0.25, 0.3) is 5.56 Å². The molecule has 0 fully saturated rings. The number of H-pyrrole nitrogens is 1. The number of aliphatic hydroxyl groups is 1. The number of aliphatic carboxylic acids is 2. The zero-order valence-corrected chi connectivity index (χ0v) is 11.7. The predicted molar refractivity (Wildman–Crippen MR) is 72.5 cm³/mol. The van der Waals surface area contributed by atoms with Gasteiger partial charge >= 0.3 is 17.6 Å².